The van der Waals surface area contributed by atoms with E-state index in [1.807, 2.05) is 0 Å². The number of likely N-dealkylation sites (N-methyl/N-ethyl adjacent to an activating group) is 1. The van der Waals surface area contributed by atoms with Gasteiger partial charge in [-0.05, 0) is 67.9 Å². The standard InChI is InChI=1S/C28H30Cl3N3O6S/c1-5-32-28(36)18(2)33(16-19-6-12-23(30)24(31)14-19)27(35)17-34(21-9-7-20(29)8-10-21)41(37,38)22-11-13-25(39-3)26(15-22)40-4/h6-15,18H,5,16-17H2,1-4H3,(H,32,36)/t18-/m1/s1. The van der Waals surface area contributed by atoms with Crippen LogP contribution in [0.3, 0.4) is 0 Å². The van der Waals surface area contributed by atoms with Crippen LogP contribution in [0.15, 0.2) is 65.6 Å². The number of anilines is 1. The van der Waals surface area contributed by atoms with E-state index < -0.39 is 34.4 Å². The Bertz CT molecular complexity index is 1500. The van der Waals surface area contributed by atoms with Crippen LogP contribution < -0.4 is 19.1 Å². The lowest BCUT2D eigenvalue weighted by molar-refractivity contribution is -0.139. The third-order valence-corrected chi connectivity index (χ3v) is 8.95. The zero-order valence-corrected chi connectivity index (χ0v) is 25.9. The summed E-state index contributed by atoms with van der Waals surface area (Å²) in [6.45, 7) is 3.02. The lowest BCUT2D eigenvalue weighted by atomic mass is 10.1. The Morgan fingerprint density at radius 1 is 0.902 bits per heavy atom. The van der Waals surface area contributed by atoms with Gasteiger partial charge in [-0.2, -0.15) is 0 Å². The Balaban J connectivity index is 2.07. The molecular formula is C28H30Cl3N3O6S. The Morgan fingerprint density at radius 2 is 1.56 bits per heavy atom. The number of hydrogen-bond donors (Lipinski definition) is 1. The van der Waals surface area contributed by atoms with Crippen molar-refractivity contribution in [3.05, 3.63) is 81.3 Å². The SMILES string of the molecule is CCNC(=O)[C@@H](C)N(Cc1ccc(Cl)c(Cl)c1)C(=O)CN(c1ccc(Cl)cc1)S(=O)(=O)c1ccc(OC)c(OC)c1. The number of benzene rings is 3. The molecule has 13 heteroatoms. The highest BCUT2D eigenvalue weighted by Crippen LogP contribution is 2.33. The molecule has 220 valence electrons. The molecule has 0 aromatic heterocycles. The summed E-state index contributed by atoms with van der Waals surface area (Å²) < 4.78 is 39.5. The van der Waals surface area contributed by atoms with Crippen molar-refractivity contribution in [2.24, 2.45) is 0 Å². The summed E-state index contributed by atoms with van der Waals surface area (Å²) in [5, 5.41) is 3.70. The summed E-state index contributed by atoms with van der Waals surface area (Å²) >= 11 is 18.3. The van der Waals surface area contributed by atoms with Gasteiger partial charge in [-0.25, -0.2) is 8.42 Å². The molecule has 1 N–H and O–H groups in total. The fraction of sp³-hybridized carbons (Fsp3) is 0.286. The van der Waals surface area contributed by atoms with Crippen LogP contribution in [0.5, 0.6) is 11.5 Å². The molecule has 3 aromatic carbocycles. The second-order valence-electron chi connectivity index (χ2n) is 8.85. The number of methoxy groups -OCH3 is 2. The van der Waals surface area contributed by atoms with Gasteiger partial charge in [0.2, 0.25) is 11.8 Å². The van der Waals surface area contributed by atoms with Gasteiger partial charge in [-0.3, -0.25) is 13.9 Å². The first-order chi connectivity index (χ1) is 19.4. The maximum absolute atomic E-state index is 14.0. The van der Waals surface area contributed by atoms with Crippen LogP contribution in [0.2, 0.25) is 15.1 Å². The molecule has 9 nitrogen and oxygen atoms in total. The molecule has 0 aliphatic carbocycles. The average Bonchev–Trinajstić information content (AvgIpc) is 2.96. The molecule has 1 atom stereocenters. The van der Waals surface area contributed by atoms with Crippen molar-refractivity contribution in [3.8, 4) is 11.5 Å². The van der Waals surface area contributed by atoms with Gasteiger partial charge >= 0.3 is 0 Å². The first-order valence-corrected chi connectivity index (χ1v) is 15.0. The molecule has 0 bridgehead atoms. The van der Waals surface area contributed by atoms with Crippen molar-refractivity contribution in [2.75, 3.05) is 31.6 Å². The van der Waals surface area contributed by atoms with Gasteiger partial charge < -0.3 is 19.7 Å². The molecule has 0 saturated carbocycles. The molecule has 0 aliphatic heterocycles. The van der Waals surface area contributed by atoms with Crippen LogP contribution in [0.25, 0.3) is 0 Å². The number of ether oxygens (including phenoxy) is 2. The van der Waals surface area contributed by atoms with E-state index in [0.29, 0.717) is 27.9 Å². The van der Waals surface area contributed by atoms with Crippen molar-refractivity contribution in [3.63, 3.8) is 0 Å². The third kappa shape index (κ3) is 7.77. The molecular weight excluding hydrogens is 613 g/mol. The normalized spacial score (nSPS) is 11.9. The van der Waals surface area contributed by atoms with Crippen molar-refractivity contribution >= 4 is 62.3 Å². The average molecular weight is 643 g/mol. The minimum atomic E-state index is -4.33. The molecule has 0 heterocycles. The van der Waals surface area contributed by atoms with Crippen molar-refractivity contribution in [1.82, 2.24) is 10.2 Å². The van der Waals surface area contributed by atoms with Gasteiger partial charge in [-0.1, -0.05) is 40.9 Å². The molecule has 0 unspecified atom stereocenters. The van der Waals surface area contributed by atoms with Crippen LogP contribution in [-0.4, -0.2) is 58.5 Å². The number of rotatable bonds is 12. The van der Waals surface area contributed by atoms with Crippen LogP contribution in [0.4, 0.5) is 5.69 Å². The predicted octanol–water partition coefficient (Wildman–Crippen LogP) is 5.41. The van der Waals surface area contributed by atoms with Crippen LogP contribution in [0.1, 0.15) is 19.4 Å². The van der Waals surface area contributed by atoms with Gasteiger partial charge in [0.1, 0.15) is 12.6 Å². The number of sulfonamides is 1. The third-order valence-electron chi connectivity index (χ3n) is 6.19. The first-order valence-electron chi connectivity index (χ1n) is 12.4. The molecule has 0 saturated heterocycles. The number of amides is 2. The Hall–Kier alpha value is -3.18. The van der Waals surface area contributed by atoms with Gasteiger partial charge in [0.05, 0.1) is 34.8 Å². The smallest absolute Gasteiger partial charge is 0.264 e. The van der Waals surface area contributed by atoms with Crippen molar-refractivity contribution in [1.29, 1.82) is 0 Å². The number of hydrogen-bond acceptors (Lipinski definition) is 6. The molecule has 2 amide bonds. The number of carbonyl (C=O) groups excluding carboxylic acids is 2. The predicted molar refractivity (Wildman–Crippen MR) is 161 cm³/mol. The highest BCUT2D eigenvalue weighted by atomic mass is 35.5. The Kier molecular flexibility index (Phi) is 11.1. The molecule has 3 rings (SSSR count). The van der Waals surface area contributed by atoms with E-state index >= 15 is 0 Å². The Morgan fingerprint density at radius 3 is 2.15 bits per heavy atom. The lowest BCUT2D eigenvalue weighted by Gasteiger charge is -2.32. The quantitative estimate of drug-likeness (QED) is 0.283. The minimum absolute atomic E-state index is 0.0289. The number of halogens is 3. The van der Waals surface area contributed by atoms with Gasteiger partial charge in [0.25, 0.3) is 10.0 Å². The summed E-state index contributed by atoms with van der Waals surface area (Å²) in [4.78, 5) is 27.9. The monoisotopic (exact) mass is 641 g/mol. The van der Waals surface area contributed by atoms with Crippen LogP contribution in [-0.2, 0) is 26.2 Å². The van der Waals surface area contributed by atoms with Crippen molar-refractivity contribution < 1.29 is 27.5 Å². The molecule has 41 heavy (non-hydrogen) atoms. The Labute approximate surface area is 254 Å². The molecule has 0 fully saturated rings. The zero-order chi connectivity index (χ0) is 30.3. The number of nitrogens with one attached hydrogen (secondary N) is 1. The van der Waals surface area contributed by atoms with Gasteiger partial charge in [0.15, 0.2) is 11.5 Å². The lowest BCUT2D eigenvalue weighted by Crippen LogP contribution is -2.51. The van der Waals surface area contributed by atoms with Gasteiger partial charge in [-0.15, -0.1) is 0 Å². The van der Waals surface area contributed by atoms with Gasteiger partial charge in [0, 0.05) is 24.2 Å². The van der Waals surface area contributed by atoms with E-state index in [9.17, 15) is 18.0 Å². The van der Waals surface area contributed by atoms with E-state index in [0.717, 1.165) is 4.31 Å². The van der Waals surface area contributed by atoms with Crippen LogP contribution >= 0.6 is 34.8 Å². The largest absolute Gasteiger partial charge is 0.493 e. The van der Waals surface area contributed by atoms with Crippen molar-refractivity contribution in [2.45, 2.75) is 31.3 Å². The van der Waals surface area contributed by atoms with Crippen LogP contribution in [0, 0.1) is 0 Å². The highest BCUT2D eigenvalue weighted by molar-refractivity contribution is 7.92. The second kappa shape index (κ2) is 14.1. The summed E-state index contributed by atoms with van der Waals surface area (Å²) in [6.07, 6.45) is 0. The topological polar surface area (TPSA) is 105 Å². The van der Waals surface area contributed by atoms with E-state index in [1.165, 1.54) is 61.6 Å². The van der Waals surface area contributed by atoms with E-state index in [-0.39, 0.29) is 27.9 Å². The van der Waals surface area contributed by atoms with E-state index in [4.69, 9.17) is 44.3 Å². The maximum atomic E-state index is 14.0. The number of carbonyl (C=O) groups is 2. The molecule has 0 spiro atoms. The summed E-state index contributed by atoms with van der Waals surface area (Å²) in [6, 6.07) is 14.1. The first kappa shape index (κ1) is 32.3. The highest BCUT2D eigenvalue weighted by Gasteiger charge is 2.33. The zero-order valence-electron chi connectivity index (χ0n) is 22.9. The summed E-state index contributed by atoms with van der Waals surface area (Å²) in [5.74, 6) is -0.498. The molecule has 0 radical (unpaired) electrons. The number of nitrogens with zero attached hydrogens (tertiary/aromatic N) is 2. The van der Waals surface area contributed by atoms with E-state index in [1.54, 1.807) is 32.0 Å². The summed E-state index contributed by atoms with van der Waals surface area (Å²) in [7, 11) is -1.51. The molecule has 0 aliphatic rings. The van der Waals surface area contributed by atoms with E-state index in [2.05, 4.69) is 5.32 Å². The molecule has 3 aromatic rings. The fourth-order valence-corrected chi connectivity index (χ4v) is 5.86. The second-order valence-corrected chi connectivity index (χ2v) is 12.0. The minimum Gasteiger partial charge on any atom is -0.493 e. The fourth-order valence-electron chi connectivity index (χ4n) is 3.98. The summed E-state index contributed by atoms with van der Waals surface area (Å²) in [5.41, 5.74) is 0.794. The maximum Gasteiger partial charge on any atom is 0.264 e.